The van der Waals surface area contributed by atoms with E-state index < -0.39 is 0 Å². The van der Waals surface area contributed by atoms with Gasteiger partial charge >= 0.3 is 0 Å². The van der Waals surface area contributed by atoms with Crippen LogP contribution in [0.3, 0.4) is 0 Å². The molecular weight excluding hydrogens is 366 g/mol. The first-order chi connectivity index (χ1) is 14.7. The third-order valence-corrected chi connectivity index (χ3v) is 6.42. The second-order valence-electron chi connectivity index (χ2n) is 9.58. The van der Waals surface area contributed by atoms with E-state index in [9.17, 15) is 5.21 Å². The summed E-state index contributed by atoms with van der Waals surface area (Å²) in [6, 6.07) is 0. The lowest BCUT2D eigenvalue weighted by Gasteiger charge is -2.43. The van der Waals surface area contributed by atoms with Gasteiger partial charge in [-0.25, -0.2) is 0 Å². The highest BCUT2D eigenvalue weighted by Gasteiger charge is 2.15. The molecule has 0 heterocycles. The average molecular weight is 424 g/mol. The Bertz CT molecular complexity index is 343. The molecule has 0 aliphatic rings. The minimum atomic E-state index is 0.0867. The van der Waals surface area contributed by atoms with E-state index in [2.05, 4.69) is 32.9 Å². The summed E-state index contributed by atoms with van der Waals surface area (Å²) in [5.74, 6) is 0. The average Bonchev–Trinajstić information content (AvgIpc) is 2.74. The van der Waals surface area contributed by atoms with E-state index in [1.54, 1.807) is 0 Å². The normalized spacial score (nSPS) is 12.3. The molecule has 0 saturated carbocycles. The van der Waals surface area contributed by atoms with Gasteiger partial charge in [0.2, 0.25) is 0 Å². The zero-order valence-corrected chi connectivity index (χ0v) is 21.3. The molecule has 0 rings (SSSR count). The first-order valence-electron chi connectivity index (χ1n) is 13.9. The predicted octanol–water partition coefficient (Wildman–Crippen LogP) is 9.72. The molecule has 30 heavy (non-hydrogen) atoms. The molecule has 0 N–H and O–H groups in total. The van der Waals surface area contributed by atoms with Crippen LogP contribution in [0.15, 0.2) is 12.2 Å². The smallest absolute Gasteiger partial charge is 0.0783 e. The number of hydrogen-bond acceptors (Lipinski definition) is 1. The fourth-order valence-electron chi connectivity index (χ4n) is 4.28. The van der Waals surface area contributed by atoms with Crippen molar-refractivity contribution in [2.75, 3.05) is 19.6 Å². The van der Waals surface area contributed by atoms with Crippen LogP contribution in [0.5, 0.6) is 0 Å². The monoisotopic (exact) mass is 423 g/mol. The quantitative estimate of drug-likeness (QED) is 0.0655. The fraction of sp³-hybridized carbons (Fsp3) is 0.929. The molecule has 0 aromatic rings. The van der Waals surface area contributed by atoms with Crippen molar-refractivity contribution in [1.29, 1.82) is 0 Å². The van der Waals surface area contributed by atoms with Crippen molar-refractivity contribution < 1.29 is 4.65 Å². The molecule has 0 amide bonds. The molecule has 0 spiro atoms. The largest absolute Gasteiger partial charge is 0.633 e. The molecule has 180 valence electrons. The van der Waals surface area contributed by atoms with Gasteiger partial charge in [0, 0.05) is 0 Å². The second kappa shape index (κ2) is 23.3. The van der Waals surface area contributed by atoms with Gasteiger partial charge in [0.05, 0.1) is 19.6 Å². The number of nitrogens with zero attached hydrogens (tertiary/aromatic N) is 1. The molecule has 0 aromatic carbocycles. The first kappa shape index (κ1) is 29.7. The van der Waals surface area contributed by atoms with Crippen molar-refractivity contribution in [2.45, 2.75) is 149 Å². The maximum atomic E-state index is 13.1. The van der Waals surface area contributed by atoms with Crippen molar-refractivity contribution in [3.63, 3.8) is 0 Å². The Hall–Kier alpha value is -0.340. The zero-order chi connectivity index (χ0) is 22.2. The maximum absolute atomic E-state index is 13.1. The van der Waals surface area contributed by atoms with Crippen LogP contribution >= 0.6 is 0 Å². The van der Waals surface area contributed by atoms with Gasteiger partial charge in [-0.05, 0) is 64.2 Å². The number of quaternary nitrogens is 1. The molecule has 0 saturated heterocycles. The number of hydroxylamine groups is 3. The van der Waals surface area contributed by atoms with Crippen LogP contribution in [0.4, 0.5) is 0 Å². The van der Waals surface area contributed by atoms with Gasteiger partial charge in [-0.3, -0.25) is 0 Å². The Balaban J connectivity index is 3.60. The van der Waals surface area contributed by atoms with Crippen molar-refractivity contribution in [3.05, 3.63) is 17.4 Å². The SMILES string of the molecule is CCCCCCCC/C=C\CCCCCCCC[N+]([O-])(CCCCC)CCCCC. The third-order valence-electron chi connectivity index (χ3n) is 6.42. The van der Waals surface area contributed by atoms with Crippen LogP contribution < -0.4 is 0 Å². The highest BCUT2D eigenvalue weighted by molar-refractivity contribution is 4.81. The van der Waals surface area contributed by atoms with Crippen LogP contribution in [0, 0.1) is 5.21 Å². The third kappa shape index (κ3) is 20.9. The first-order valence-corrected chi connectivity index (χ1v) is 13.9. The van der Waals surface area contributed by atoms with E-state index in [0.717, 1.165) is 38.9 Å². The van der Waals surface area contributed by atoms with Gasteiger partial charge in [-0.2, -0.15) is 0 Å². The second-order valence-corrected chi connectivity index (χ2v) is 9.58. The fourth-order valence-corrected chi connectivity index (χ4v) is 4.28. The Kier molecular flexibility index (Phi) is 23.1. The van der Waals surface area contributed by atoms with Gasteiger partial charge < -0.3 is 9.85 Å². The molecule has 0 aliphatic carbocycles. The lowest BCUT2D eigenvalue weighted by molar-refractivity contribution is -0.881. The van der Waals surface area contributed by atoms with Crippen molar-refractivity contribution in [3.8, 4) is 0 Å². The van der Waals surface area contributed by atoms with Crippen LogP contribution in [0.25, 0.3) is 0 Å². The van der Waals surface area contributed by atoms with E-state index in [0.29, 0.717) is 0 Å². The Morgan fingerprint density at radius 1 is 0.433 bits per heavy atom. The summed E-state index contributed by atoms with van der Waals surface area (Å²) in [6.07, 6.45) is 30.5. The number of allylic oxidation sites excluding steroid dienone is 2. The molecular formula is C28H57NO. The van der Waals surface area contributed by atoms with Crippen LogP contribution in [0.2, 0.25) is 0 Å². The Morgan fingerprint density at radius 2 is 0.733 bits per heavy atom. The lowest BCUT2D eigenvalue weighted by atomic mass is 10.1. The van der Waals surface area contributed by atoms with Gasteiger partial charge in [0.1, 0.15) is 0 Å². The van der Waals surface area contributed by atoms with E-state index in [1.165, 1.54) is 109 Å². The minimum Gasteiger partial charge on any atom is -0.633 e. The molecule has 2 nitrogen and oxygen atoms in total. The summed E-state index contributed by atoms with van der Waals surface area (Å²) < 4.78 is 0.0867. The lowest BCUT2D eigenvalue weighted by Crippen LogP contribution is -2.44. The van der Waals surface area contributed by atoms with E-state index in [4.69, 9.17) is 0 Å². The summed E-state index contributed by atoms with van der Waals surface area (Å²) in [6.45, 7) is 9.29. The molecule has 0 atom stereocenters. The highest BCUT2D eigenvalue weighted by atomic mass is 16.5. The summed E-state index contributed by atoms with van der Waals surface area (Å²) in [5, 5.41) is 13.1. The highest BCUT2D eigenvalue weighted by Crippen LogP contribution is 2.16. The van der Waals surface area contributed by atoms with Crippen molar-refractivity contribution in [1.82, 2.24) is 0 Å². The van der Waals surface area contributed by atoms with E-state index >= 15 is 0 Å². The molecule has 0 fully saturated rings. The topological polar surface area (TPSA) is 23.1 Å². The van der Waals surface area contributed by atoms with Gasteiger partial charge in [0.25, 0.3) is 0 Å². The Morgan fingerprint density at radius 3 is 1.17 bits per heavy atom. The minimum absolute atomic E-state index is 0.0867. The summed E-state index contributed by atoms with van der Waals surface area (Å²) >= 11 is 0. The van der Waals surface area contributed by atoms with Crippen molar-refractivity contribution in [2.24, 2.45) is 0 Å². The Labute approximate surface area is 191 Å². The van der Waals surface area contributed by atoms with E-state index in [1.807, 2.05) is 0 Å². The molecule has 0 radical (unpaired) electrons. The molecule has 0 aromatic heterocycles. The molecule has 0 unspecified atom stereocenters. The van der Waals surface area contributed by atoms with Crippen LogP contribution in [-0.4, -0.2) is 24.3 Å². The molecule has 0 aliphatic heterocycles. The van der Waals surface area contributed by atoms with Gasteiger partial charge in [0.15, 0.2) is 0 Å². The number of hydrogen-bond donors (Lipinski definition) is 0. The maximum Gasteiger partial charge on any atom is 0.0783 e. The predicted molar refractivity (Wildman–Crippen MR) is 137 cm³/mol. The standard InChI is InChI=1S/C28H57NO/c1-4-7-10-11-12-13-14-15-16-17-18-19-20-21-22-25-28-29(30,26-23-8-5-2)27-24-9-6-3/h15-16H,4-14,17-28H2,1-3H3/b16-15-. The number of rotatable bonds is 24. The van der Waals surface area contributed by atoms with Gasteiger partial charge in [-0.1, -0.05) is 97.1 Å². The summed E-state index contributed by atoms with van der Waals surface area (Å²) in [7, 11) is 0. The summed E-state index contributed by atoms with van der Waals surface area (Å²) in [4.78, 5) is 0. The zero-order valence-electron chi connectivity index (χ0n) is 21.3. The molecule has 2 heteroatoms. The van der Waals surface area contributed by atoms with Gasteiger partial charge in [-0.15, -0.1) is 0 Å². The van der Waals surface area contributed by atoms with Crippen LogP contribution in [0.1, 0.15) is 149 Å². The van der Waals surface area contributed by atoms with Crippen LogP contribution in [-0.2, 0) is 0 Å². The van der Waals surface area contributed by atoms with Crippen molar-refractivity contribution >= 4 is 0 Å². The molecule has 0 bridgehead atoms. The van der Waals surface area contributed by atoms with E-state index in [-0.39, 0.29) is 4.65 Å². The number of unbranched alkanes of at least 4 members (excludes halogenated alkanes) is 16. The summed E-state index contributed by atoms with van der Waals surface area (Å²) in [5.41, 5.74) is 0.